The zero-order valence-electron chi connectivity index (χ0n) is 18.4. The molecule has 0 saturated carbocycles. The molecule has 0 bridgehead atoms. The number of benzene rings is 2. The Hall–Kier alpha value is -2.51. The van der Waals surface area contributed by atoms with E-state index in [2.05, 4.69) is 48.0 Å². The van der Waals surface area contributed by atoms with E-state index in [9.17, 15) is 9.59 Å². The molecule has 1 unspecified atom stereocenters. The number of hydrogen-bond acceptors (Lipinski definition) is 5. The average Bonchev–Trinajstić information content (AvgIpc) is 2.75. The lowest BCUT2D eigenvalue weighted by molar-refractivity contribution is -0.116. The van der Waals surface area contributed by atoms with E-state index in [1.54, 1.807) is 23.9 Å². The summed E-state index contributed by atoms with van der Waals surface area (Å²) in [5.74, 6) is 1.31. The van der Waals surface area contributed by atoms with Crippen molar-refractivity contribution in [2.45, 2.75) is 39.0 Å². The molecule has 6 nitrogen and oxygen atoms in total. The Kier molecular flexibility index (Phi) is 8.37. The first-order valence-corrected chi connectivity index (χ1v) is 11.8. The van der Waals surface area contributed by atoms with Crippen LogP contribution in [-0.4, -0.2) is 43.4 Å². The molecule has 1 atom stereocenters. The van der Waals surface area contributed by atoms with Crippen LogP contribution in [0, 0.1) is 13.8 Å². The number of fused-ring (bicyclic) bond motifs is 1. The molecule has 2 aromatic rings. The molecule has 1 aliphatic heterocycles. The molecule has 31 heavy (non-hydrogen) atoms. The minimum absolute atomic E-state index is 0.0739. The number of aryl methyl sites for hydroxylation is 2. The summed E-state index contributed by atoms with van der Waals surface area (Å²) >= 11 is 1.74. The van der Waals surface area contributed by atoms with Crippen molar-refractivity contribution in [3.05, 3.63) is 58.7 Å². The number of anilines is 2. The highest BCUT2D eigenvalue weighted by Gasteiger charge is 2.26. The fourth-order valence-electron chi connectivity index (χ4n) is 3.37. The van der Waals surface area contributed by atoms with E-state index in [0.29, 0.717) is 36.8 Å². The number of rotatable bonds is 10. The molecular formula is C24H31N3O3S. The molecule has 0 saturated heterocycles. The molecule has 3 rings (SSSR count). The first-order chi connectivity index (χ1) is 15.0. The maximum absolute atomic E-state index is 12.6. The summed E-state index contributed by atoms with van der Waals surface area (Å²) in [7, 11) is 0. The maximum atomic E-state index is 12.6. The minimum Gasteiger partial charge on any atom is -0.382 e. The Morgan fingerprint density at radius 2 is 2.00 bits per heavy atom. The largest absolute Gasteiger partial charge is 0.382 e. The van der Waals surface area contributed by atoms with Gasteiger partial charge in [0.15, 0.2) is 0 Å². The van der Waals surface area contributed by atoms with Gasteiger partial charge in [0, 0.05) is 36.8 Å². The van der Waals surface area contributed by atoms with E-state index < -0.39 is 0 Å². The van der Waals surface area contributed by atoms with E-state index in [1.807, 2.05) is 13.0 Å². The van der Waals surface area contributed by atoms with Gasteiger partial charge in [0.1, 0.15) is 6.04 Å². The van der Waals surface area contributed by atoms with Crippen molar-refractivity contribution in [3.8, 4) is 0 Å². The van der Waals surface area contributed by atoms with Crippen LogP contribution in [0.3, 0.4) is 0 Å². The first-order valence-electron chi connectivity index (χ1n) is 10.7. The predicted octanol–water partition coefficient (Wildman–Crippen LogP) is 4.13. The van der Waals surface area contributed by atoms with Gasteiger partial charge in [-0.3, -0.25) is 9.59 Å². The van der Waals surface area contributed by atoms with Gasteiger partial charge in [0.25, 0.3) is 5.91 Å². The van der Waals surface area contributed by atoms with Gasteiger partial charge in [-0.1, -0.05) is 23.8 Å². The lowest BCUT2D eigenvalue weighted by Crippen LogP contribution is -2.40. The summed E-state index contributed by atoms with van der Waals surface area (Å²) in [6.07, 6.45) is 0.768. The Morgan fingerprint density at radius 1 is 1.16 bits per heavy atom. The second-order valence-corrected chi connectivity index (χ2v) is 8.73. The molecule has 3 N–H and O–H groups in total. The smallest absolute Gasteiger partial charge is 0.251 e. The van der Waals surface area contributed by atoms with Crippen molar-refractivity contribution in [2.75, 3.05) is 36.1 Å². The van der Waals surface area contributed by atoms with Crippen LogP contribution in [0.2, 0.25) is 0 Å². The highest BCUT2D eigenvalue weighted by Crippen LogP contribution is 2.29. The van der Waals surface area contributed by atoms with Gasteiger partial charge in [-0.15, -0.1) is 0 Å². The Balaban J connectivity index is 1.53. The predicted molar refractivity (Wildman–Crippen MR) is 128 cm³/mol. The molecule has 0 spiro atoms. The lowest BCUT2D eigenvalue weighted by Gasteiger charge is -2.27. The summed E-state index contributed by atoms with van der Waals surface area (Å²) in [4.78, 5) is 24.9. The maximum Gasteiger partial charge on any atom is 0.251 e. The number of nitrogens with one attached hydrogen (secondary N) is 3. The monoisotopic (exact) mass is 441 g/mol. The van der Waals surface area contributed by atoms with Crippen LogP contribution in [0.25, 0.3) is 0 Å². The second kappa shape index (κ2) is 11.2. The van der Waals surface area contributed by atoms with Crippen LogP contribution < -0.4 is 16.0 Å². The number of amides is 2. The molecule has 1 heterocycles. The van der Waals surface area contributed by atoms with E-state index in [1.165, 1.54) is 16.7 Å². The molecule has 1 aliphatic rings. The SMILES string of the molecule is CCOCCCNC(=O)c1ccc2c(c1)NC(=O)C(CSCc1cc(C)ccc1C)N2. The minimum atomic E-state index is -0.305. The van der Waals surface area contributed by atoms with E-state index in [0.717, 1.165) is 17.9 Å². The van der Waals surface area contributed by atoms with Crippen molar-refractivity contribution in [1.82, 2.24) is 5.32 Å². The normalized spacial score (nSPS) is 15.1. The van der Waals surface area contributed by atoms with Gasteiger partial charge in [-0.2, -0.15) is 11.8 Å². The standard InChI is InChI=1S/C24H31N3O3S/c1-4-30-11-5-10-25-23(28)18-8-9-20-21(13-18)27-24(29)22(26-20)15-31-14-19-12-16(2)6-7-17(19)3/h6-9,12-13,22,26H,4-5,10-11,14-15H2,1-3H3,(H,25,28)(H,27,29). The summed E-state index contributed by atoms with van der Waals surface area (Å²) < 4.78 is 5.27. The van der Waals surface area contributed by atoms with Crippen molar-refractivity contribution in [1.29, 1.82) is 0 Å². The number of thioether (sulfide) groups is 1. The van der Waals surface area contributed by atoms with Crippen molar-refractivity contribution < 1.29 is 14.3 Å². The molecular weight excluding hydrogens is 410 g/mol. The summed E-state index contributed by atoms with van der Waals surface area (Å²) in [5.41, 5.74) is 5.83. The molecule has 2 amide bonds. The van der Waals surface area contributed by atoms with Crippen LogP contribution in [0.5, 0.6) is 0 Å². The molecule has 0 fully saturated rings. The van der Waals surface area contributed by atoms with Crippen molar-refractivity contribution in [2.24, 2.45) is 0 Å². The third-order valence-electron chi connectivity index (χ3n) is 5.19. The topological polar surface area (TPSA) is 79.5 Å². The van der Waals surface area contributed by atoms with Crippen molar-refractivity contribution in [3.63, 3.8) is 0 Å². The summed E-state index contributed by atoms with van der Waals surface area (Å²) in [6, 6.07) is 11.5. The average molecular weight is 442 g/mol. The van der Waals surface area contributed by atoms with Gasteiger partial charge < -0.3 is 20.7 Å². The van der Waals surface area contributed by atoms with E-state index in [-0.39, 0.29) is 17.9 Å². The second-order valence-electron chi connectivity index (χ2n) is 7.70. The summed E-state index contributed by atoms with van der Waals surface area (Å²) in [5, 5.41) is 9.14. The van der Waals surface area contributed by atoms with Gasteiger partial charge in [0.2, 0.25) is 5.91 Å². The number of carbonyl (C=O) groups is 2. The third-order valence-corrected chi connectivity index (χ3v) is 6.27. The highest BCUT2D eigenvalue weighted by atomic mass is 32.2. The van der Waals surface area contributed by atoms with Gasteiger partial charge in [-0.05, 0) is 56.5 Å². The van der Waals surface area contributed by atoms with Crippen LogP contribution in [-0.2, 0) is 15.3 Å². The third kappa shape index (κ3) is 6.48. The number of ether oxygens (including phenoxy) is 1. The molecule has 0 aliphatic carbocycles. The Labute approximate surface area is 188 Å². The Morgan fingerprint density at radius 3 is 2.81 bits per heavy atom. The zero-order valence-corrected chi connectivity index (χ0v) is 19.2. The molecule has 0 aromatic heterocycles. The molecule has 0 radical (unpaired) electrons. The van der Waals surface area contributed by atoms with Crippen LogP contribution in [0.15, 0.2) is 36.4 Å². The van der Waals surface area contributed by atoms with E-state index in [4.69, 9.17) is 4.74 Å². The summed E-state index contributed by atoms with van der Waals surface area (Å²) in [6.45, 7) is 8.02. The van der Waals surface area contributed by atoms with Crippen LogP contribution >= 0.6 is 11.8 Å². The lowest BCUT2D eigenvalue weighted by atomic mass is 10.1. The first kappa shape index (κ1) is 23.2. The molecule has 7 heteroatoms. The number of hydrogen-bond donors (Lipinski definition) is 3. The van der Waals surface area contributed by atoms with E-state index >= 15 is 0 Å². The zero-order chi connectivity index (χ0) is 22.2. The van der Waals surface area contributed by atoms with Gasteiger partial charge >= 0.3 is 0 Å². The quantitative estimate of drug-likeness (QED) is 0.483. The van der Waals surface area contributed by atoms with Gasteiger partial charge in [0.05, 0.1) is 11.4 Å². The van der Waals surface area contributed by atoms with Gasteiger partial charge in [-0.25, -0.2) is 0 Å². The van der Waals surface area contributed by atoms with Crippen LogP contribution in [0.1, 0.15) is 40.4 Å². The Bertz CT molecular complexity index is 932. The van der Waals surface area contributed by atoms with Crippen LogP contribution in [0.4, 0.5) is 11.4 Å². The number of carbonyl (C=O) groups excluding carboxylic acids is 2. The fourth-order valence-corrected chi connectivity index (χ4v) is 4.49. The molecule has 2 aromatic carbocycles. The van der Waals surface area contributed by atoms with Crippen molar-refractivity contribution >= 4 is 35.0 Å². The molecule has 166 valence electrons. The highest BCUT2D eigenvalue weighted by molar-refractivity contribution is 7.98. The fraction of sp³-hybridized carbons (Fsp3) is 0.417.